The van der Waals surface area contributed by atoms with E-state index in [-0.39, 0.29) is 18.3 Å². The van der Waals surface area contributed by atoms with Crippen molar-refractivity contribution in [2.75, 3.05) is 0 Å². The van der Waals surface area contributed by atoms with E-state index in [0.717, 1.165) is 5.59 Å². The molecule has 1 saturated heterocycles. The van der Waals surface area contributed by atoms with E-state index in [1.807, 2.05) is 13.2 Å². The number of aromatic nitrogens is 1. The van der Waals surface area contributed by atoms with Crippen LogP contribution in [0.25, 0.3) is 0 Å². The molecule has 1 aliphatic heterocycles. The fourth-order valence-corrected chi connectivity index (χ4v) is 1.97. The molecule has 0 atom stereocenters. The molecule has 2 heterocycles. The molecule has 1 aliphatic rings. The molecule has 0 spiro atoms. The van der Waals surface area contributed by atoms with E-state index in [9.17, 15) is 0 Å². The molecule has 0 radical (unpaired) electrons. The summed E-state index contributed by atoms with van der Waals surface area (Å²) in [5.41, 5.74) is 1.78. The Hall–Kier alpha value is -0.735. The van der Waals surface area contributed by atoms with E-state index in [1.165, 1.54) is 5.56 Å². The predicted octanol–water partition coefficient (Wildman–Crippen LogP) is 1.63. The van der Waals surface area contributed by atoms with Gasteiger partial charge in [-0.05, 0) is 46.2 Å². The van der Waals surface area contributed by atoms with Gasteiger partial charge in [0.25, 0.3) is 0 Å². The summed E-state index contributed by atoms with van der Waals surface area (Å²) < 4.78 is 14.1. The predicted molar refractivity (Wildman–Crippen MR) is 65.9 cm³/mol. The van der Waals surface area contributed by atoms with Gasteiger partial charge >= 0.3 is 7.12 Å². The van der Waals surface area contributed by atoms with Crippen LogP contribution < -0.4 is 5.59 Å². The second-order valence-electron chi connectivity index (χ2n) is 5.58. The van der Waals surface area contributed by atoms with Crippen LogP contribution in [0.2, 0.25) is 0 Å². The van der Waals surface area contributed by atoms with Gasteiger partial charge in [-0.25, -0.2) is 0 Å². The number of hydrogen-bond acceptors (Lipinski definition) is 2. The summed E-state index contributed by atoms with van der Waals surface area (Å²) in [6.45, 7) is 10.4. The summed E-state index contributed by atoms with van der Waals surface area (Å²) in [5, 5.41) is 0. The zero-order valence-corrected chi connectivity index (χ0v) is 11.0. The summed E-state index contributed by atoms with van der Waals surface area (Å²) in [5.74, 6) is 0. The first-order valence-electron chi connectivity index (χ1n) is 5.72. The first-order chi connectivity index (χ1) is 7.24. The van der Waals surface area contributed by atoms with Crippen LogP contribution in [0.3, 0.4) is 0 Å². The molecular weight excluding hydrogens is 201 g/mol. The van der Waals surface area contributed by atoms with Gasteiger partial charge in [-0.15, -0.1) is 0 Å². The van der Waals surface area contributed by atoms with Crippen molar-refractivity contribution in [3.05, 3.63) is 17.8 Å². The van der Waals surface area contributed by atoms with Gasteiger partial charge in [-0.1, -0.05) is 0 Å². The molecule has 0 bridgehead atoms. The van der Waals surface area contributed by atoms with Crippen LogP contribution in [0.5, 0.6) is 0 Å². The molecule has 4 heteroatoms. The molecule has 1 fully saturated rings. The maximum Gasteiger partial charge on any atom is 0.512 e. The summed E-state index contributed by atoms with van der Waals surface area (Å²) in [4.78, 5) is 0. The third-order valence-corrected chi connectivity index (χ3v) is 3.81. The van der Waals surface area contributed by atoms with Crippen molar-refractivity contribution >= 4 is 12.7 Å². The SMILES string of the molecule is Cc1ccn(C)c1B1OC(C)(C)C(C)(C)O1. The van der Waals surface area contributed by atoms with E-state index >= 15 is 0 Å². The van der Waals surface area contributed by atoms with E-state index in [4.69, 9.17) is 9.31 Å². The van der Waals surface area contributed by atoms with Crippen molar-refractivity contribution in [1.29, 1.82) is 0 Å². The molecular formula is C12H20BNO2. The lowest BCUT2D eigenvalue weighted by Crippen LogP contribution is -2.41. The fraction of sp³-hybridized carbons (Fsp3) is 0.667. The average Bonchev–Trinajstić information content (AvgIpc) is 2.52. The average molecular weight is 221 g/mol. The van der Waals surface area contributed by atoms with Gasteiger partial charge in [-0.3, -0.25) is 0 Å². The molecule has 2 rings (SSSR count). The minimum atomic E-state index is -0.269. The van der Waals surface area contributed by atoms with E-state index in [2.05, 4.69) is 45.3 Å². The second-order valence-corrected chi connectivity index (χ2v) is 5.58. The zero-order valence-electron chi connectivity index (χ0n) is 11.0. The second kappa shape index (κ2) is 3.38. The topological polar surface area (TPSA) is 23.4 Å². The summed E-state index contributed by atoms with van der Waals surface area (Å²) in [7, 11) is 1.76. The smallest absolute Gasteiger partial charge is 0.398 e. The maximum absolute atomic E-state index is 6.03. The van der Waals surface area contributed by atoms with Crippen LogP contribution in [-0.2, 0) is 16.4 Å². The van der Waals surface area contributed by atoms with Crippen LogP contribution in [0.1, 0.15) is 33.3 Å². The van der Waals surface area contributed by atoms with Gasteiger partial charge in [0.2, 0.25) is 0 Å². The Morgan fingerprint density at radius 1 is 1.12 bits per heavy atom. The molecule has 1 aromatic rings. The van der Waals surface area contributed by atoms with Gasteiger partial charge < -0.3 is 13.9 Å². The number of nitrogens with zero attached hydrogens (tertiary/aromatic N) is 1. The highest BCUT2D eigenvalue weighted by molar-refractivity contribution is 6.61. The Morgan fingerprint density at radius 3 is 2.00 bits per heavy atom. The quantitative estimate of drug-likeness (QED) is 0.673. The largest absolute Gasteiger partial charge is 0.512 e. The molecule has 3 nitrogen and oxygen atoms in total. The third-order valence-electron chi connectivity index (χ3n) is 3.81. The summed E-state index contributed by atoms with van der Waals surface area (Å²) in [6, 6.07) is 2.08. The van der Waals surface area contributed by atoms with Gasteiger partial charge in [0.15, 0.2) is 0 Å². The lowest BCUT2D eigenvalue weighted by molar-refractivity contribution is 0.00578. The van der Waals surface area contributed by atoms with Crippen LogP contribution >= 0.6 is 0 Å². The van der Waals surface area contributed by atoms with Crippen molar-refractivity contribution in [1.82, 2.24) is 4.57 Å². The molecule has 0 amide bonds. The van der Waals surface area contributed by atoms with E-state index in [0.29, 0.717) is 0 Å². The molecule has 88 valence electrons. The summed E-state index contributed by atoms with van der Waals surface area (Å²) >= 11 is 0. The van der Waals surface area contributed by atoms with Crippen LogP contribution in [0, 0.1) is 6.92 Å². The van der Waals surface area contributed by atoms with Crippen molar-refractivity contribution in [2.24, 2.45) is 7.05 Å². The molecule has 0 saturated carbocycles. The van der Waals surface area contributed by atoms with Crippen molar-refractivity contribution in [2.45, 2.75) is 45.8 Å². The minimum Gasteiger partial charge on any atom is -0.398 e. The van der Waals surface area contributed by atoms with E-state index < -0.39 is 0 Å². The number of hydrogen-bond donors (Lipinski definition) is 0. The summed E-state index contributed by atoms with van der Waals surface area (Å²) in [6.07, 6.45) is 2.04. The molecule has 16 heavy (non-hydrogen) atoms. The maximum atomic E-state index is 6.03. The van der Waals surface area contributed by atoms with Gasteiger partial charge in [0.1, 0.15) is 0 Å². The van der Waals surface area contributed by atoms with Crippen LogP contribution in [0.15, 0.2) is 12.3 Å². The Morgan fingerprint density at radius 2 is 1.62 bits per heavy atom. The Balaban J connectivity index is 2.34. The van der Waals surface area contributed by atoms with Crippen molar-refractivity contribution in [3.8, 4) is 0 Å². The molecule has 0 N–H and O–H groups in total. The highest BCUT2D eigenvalue weighted by Crippen LogP contribution is 2.36. The van der Waals surface area contributed by atoms with Gasteiger partial charge in [0.05, 0.1) is 16.8 Å². The first-order valence-corrected chi connectivity index (χ1v) is 5.72. The van der Waals surface area contributed by atoms with E-state index in [1.54, 1.807) is 0 Å². The normalized spacial score (nSPS) is 22.8. The minimum absolute atomic E-state index is 0.259. The molecule has 0 unspecified atom stereocenters. The number of aryl methyl sites for hydroxylation is 2. The Bertz CT molecular complexity index is 374. The third kappa shape index (κ3) is 1.60. The zero-order chi connectivity index (χ0) is 12.1. The van der Waals surface area contributed by atoms with Crippen LogP contribution in [-0.4, -0.2) is 22.9 Å². The lowest BCUT2D eigenvalue weighted by atomic mass is 9.82. The molecule has 0 aromatic carbocycles. The lowest BCUT2D eigenvalue weighted by Gasteiger charge is -2.32. The Labute approximate surface area is 97.9 Å². The first kappa shape index (κ1) is 11.7. The van der Waals surface area contributed by atoms with Crippen LogP contribution in [0.4, 0.5) is 0 Å². The van der Waals surface area contributed by atoms with Gasteiger partial charge in [0, 0.05) is 13.2 Å². The molecule has 1 aromatic heterocycles. The number of rotatable bonds is 1. The molecule has 0 aliphatic carbocycles. The van der Waals surface area contributed by atoms with Crippen molar-refractivity contribution < 1.29 is 9.31 Å². The highest BCUT2D eigenvalue weighted by Gasteiger charge is 2.52. The highest BCUT2D eigenvalue weighted by atomic mass is 16.7. The monoisotopic (exact) mass is 221 g/mol. The fourth-order valence-electron chi connectivity index (χ4n) is 1.97. The van der Waals surface area contributed by atoms with Gasteiger partial charge in [-0.2, -0.15) is 0 Å². The Kier molecular flexibility index (Phi) is 2.48. The van der Waals surface area contributed by atoms with Crippen molar-refractivity contribution in [3.63, 3.8) is 0 Å². The standard InChI is InChI=1S/C12H20BNO2/c1-9-7-8-14(6)10(9)13-15-11(2,3)12(4,5)16-13/h7-8H,1-6H3.